The van der Waals surface area contributed by atoms with Crippen molar-refractivity contribution in [1.29, 1.82) is 0 Å². The van der Waals surface area contributed by atoms with E-state index in [-0.39, 0.29) is 0 Å². The molecule has 0 unspecified atom stereocenters. The van der Waals surface area contributed by atoms with Gasteiger partial charge in [-0.1, -0.05) is 29.9 Å². The first kappa shape index (κ1) is 13.0. The van der Waals surface area contributed by atoms with Crippen molar-refractivity contribution in [3.63, 3.8) is 0 Å². The van der Waals surface area contributed by atoms with Crippen molar-refractivity contribution in [2.75, 3.05) is 0 Å². The predicted octanol–water partition coefficient (Wildman–Crippen LogP) is 2.86. The maximum absolute atomic E-state index is 5.99. The molecule has 8 heteroatoms. The van der Waals surface area contributed by atoms with E-state index >= 15 is 0 Å². The first-order chi connectivity index (χ1) is 9.69. The molecule has 0 spiro atoms. The summed E-state index contributed by atoms with van der Waals surface area (Å²) in [5.74, 6) is 0.508. The second-order valence-electron chi connectivity index (χ2n) is 4.11. The molecule has 0 atom stereocenters. The van der Waals surface area contributed by atoms with Crippen molar-refractivity contribution in [1.82, 2.24) is 30.0 Å². The molecule has 2 heterocycles. The summed E-state index contributed by atoms with van der Waals surface area (Å²) in [4.78, 5) is 1.51. The summed E-state index contributed by atoms with van der Waals surface area (Å²) in [7, 11) is 0. The lowest BCUT2D eigenvalue weighted by molar-refractivity contribution is 0.553. The third-order valence-corrected chi connectivity index (χ3v) is 3.45. The van der Waals surface area contributed by atoms with Crippen molar-refractivity contribution < 1.29 is 0 Å². The number of H-pyrrole nitrogens is 1. The highest BCUT2D eigenvalue weighted by Gasteiger charge is 2.12. The summed E-state index contributed by atoms with van der Waals surface area (Å²) in [6.45, 7) is 2.61. The number of halogens is 1. The highest BCUT2D eigenvalue weighted by molar-refractivity contribution is 7.71. The molecule has 3 aromatic rings. The smallest absolute Gasteiger partial charge is 0.209 e. The SMILES string of the molecule is CCn1nnc(-c2c[nH]n(-c3cccc(Cl)c3)c2=S)n1. The lowest BCUT2D eigenvalue weighted by Crippen LogP contribution is -1.98. The van der Waals surface area contributed by atoms with E-state index in [1.54, 1.807) is 10.9 Å². The number of aromatic amines is 1. The molecule has 0 aliphatic carbocycles. The van der Waals surface area contributed by atoms with E-state index in [9.17, 15) is 0 Å². The highest BCUT2D eigenvalue weighted by Crippen LogP contribution is 2.20. The Kier molecular flexibility index (Phi) is 3.37. The minimum absolute atomic E-state index is 0.508. The average Bonchev–Trinajstić information content (AvgIpc) is 3.04. The monoisotopic (exact) mass is 306 g/mol. The van der Waals surface area contributed by atoms with Crippen LogP contribution in [0.2, 0.25) is 5.02 Å². The van der Waals surface area contributed by atoms with Gasteiger partial charge in [0, 0.05) is 11.2 Å². The van der Waals surface area contributed by atoms with Gasteiger partial charge in [0.2, 0.25) is 5.82 Å². The van der Waals surface area contributed by atoms with Crippen LogP contribution in [0.4, 0.5) is 0 Å². The number of nitrogens with one attached hydrogen (secondary N) is 1. The second-order valence-corrected chi connectivity index (χ2v) is 4.93. The topological polar surface area (TPSA) is 64.3 Å². The van der Waals surface area contributed by atoms with Crippen molar-refractivity contribution in [3.05, 3.63) is 40.1 Å². The summed E-state index contributed by atoms with van der Waals surface area (Å²) < 4.78 is 2.34. The average molecular weight is 307 g/mol. The second kappa shape index (κ2) is 5.18. The van der Waals surface area contributed by atoms with Gasteiger partial charge in [0.25, 0.3) is 0 Å². The molecule has 0 saturated carbocycles. The Morgan fingerprint density at radius 1 is 1.40 bits per heavy atom. The lowest BCUT2D eigenvalue weighted by Gasteiger charge is -2.02. The molecule has 0 aliphatic heterocycles. The van der Waals surface area contributed by atoms with E-state index in [2.05, 4.69) is 20.5 Å². The van der Waals surface area contributed by atoms with Gasteiger partial charge in [-0.05, 0) is 30.3 Å². The van der Waals surface area contributed by atoms with E-state index in [0.29, 0.717) is 22.0 Å². The summed E-state index contributed by atoms with van der Waals surface area (Å²) >= 11 is 11.4. The predicted molar refractivity (Wildman–Crippen MR) is 78.4 cm³/mol. The number of hydrogen-bond acceptors (Lipinski definition) is 4. The fraction of sp³-hybridized carbons (Fsp3) is 0.167. The number of aromatic nitrogens is 6. The number of nitrogens with zero attached hydrogens (tertiary/aromatic N) is 5. The van der Waals surface area contributed by atoms with Crippen LogP contribution in [0, 0.1) is 4.64 Å². The third-order valence-electron chi connectivity index (χ3n) is 2.81. The van der Waals surface area contributed by atoms with E-state index in [1.165, 1.54) is 4.80 Å². The van der Waals surface area contributed by atoms with Crippen molar-refractivity contribution in [2.45, 2.75) is 13.5 Å². The Morgan fingerprint density at radius 3 is 2.95 bits per heavy atom. The van der Waals surface area contributed by atoms with Crippen LogP contribution in [0.15, 0.2) is 30.5 Å². The van der Waals surface area contributed by atoms with Crippen molar-refractivity contribution in [3.8, 4) is 17.1 Å². The zero-order valence-corrected chi connectivity index (χ0v) is 12.2. The molecule has 0 radical (unpaired) electrons. The molecule has 0 bridgehead atoms. The molecule has 6 nitrogen and oxygen atoms in total. The molecular formula is C12H11ClN6S. The molecule has 0 aliphatic rings. The van der Waals surface area contributed by atoms with Gasteiger partial charge in [-0.15, -0.1) is 10.2 Å². The Labute approximate surface area is 125 Å². The number of benzene rings is 1. The zero-order valence-electron chi connectivity index (χ0n) is 10.6. The first-order valence-electron chi connectivity index (χ1n) is 6.03. The normalized spacial score (nSPS) is 10.9. The summed E-state index contributed by atoms with van der Waals surface area (Å²) in [6, 6.07) is 7.42. The molecule has 0 fully saturated rings. The molecule has 1 aromatic carbocycles. The molecule has 0 amide bonds. The van der Waals surface area contributed by atoms with Gasteiger partial charge in [-0.25, -0.2) is 4.68 Å². The number of aryl methyl sites for hydroxylation is 1. The molecule has 0 saturated heterocycles. The van der Waals surface area contributed by atoms with Gasteiger partial charge in [-0.2, -0.15) is 4.80 Å². The fourth-order valence-corrected chi connectivity index (χ4v) is 2.31. The minimum Gasteiger partial charge on any atom is -0.299 e. The summed E-state index contributed by atoms with van der Waals surface area (Å²) in [5.41, 5.74) is 1.59. The van der Waals surface area contributed by atoms with E-state index in [1.807, 2.05) is 31.2 Å². The van der Waals surface area contributed by atoms with Crippen LogP contribution < -0.4 is 0 Å². The Balaban J connectivity index is 2.07. The van der Waals surface area contributed by atoms with Gasteiger partial charge >= 0.3 is 0 Å². The number of tetrazole rings is 1. The third kappa shape index (κ3) is 2.25. The van der Waals surface area contributed by atoms with Crippen LogP contribution in [-0.2, 0) is 6.54 Å². The number of rotatable bonds is 3. The van der Waals surface area contributed by atoms with Crippen molar-refractivity contribution in [2.24, 2.45) is 0 Å². The lowest BCUT2D eigenvalue weighted by atomic mass is 10.3. The summed E-state index contributed by atoms with van der Waals surface area (Å²) in [5, 5.41) is 15.9. The molecular weight excluding hydrogens is 296 g/mol. The van der Waals surface area contributed by atoms with Crippen molar-refractivity contribution >= 4 is 23.8 Å². The zero-order chi connectivity index (χ0) is 14.1. The van der Waals surface area contributed by atoms with Crippen LogP contribution in [0.5, 0.6) is 0 Å². The molecule has 102 valence electrons. The minimum atomic E-state index is 0.508. The Bertz CT molecular complexity index is 802. The van der Waals surface area contributed by atoms with Gasteiger partial charge < -0.3 is 0 Å². The first-order valence-corrected chi connectivity index (χ1v) is 6.82. The fourth-order valence-electron chi connectivity index (χ4n) is 1.82. The largest absolute Gasteiger partial charge is 0.299 e. The van der Waals surface area contributed by atoms with Crippen LogP contribution in [0.25, 0.3) is 17.1 Å². The van der Waals surface area contributed by atoms with Crippen LogP contribution in [-0.4, -0.2) is 30.0 Å². The van der Waals surface area contributed by atoms with Gasteiger partial charge in [0.1, 0.15) is 4.64 Å². The Hall–Kier alpha value is -1.99. The standard InChI is InChI=1S/C12H11ClN6S/c1-2-18-16-11(15-17-18)10-7-14-19(12(10)20)9-5-3-4-8(13)6-9/h3-7,14H,2H2,1H3. The van der Waals surface area contributed by atoms with E-state index < -0.39 is 0 Å². The molecule has 1 N–H and O–H groups in total. The molecule has 2 aromatic heterocycles. The van der Waals surface area contributed by atoms with Crippen LogP contribution in [0.1, 0.15) is 6.92 Å². The van der Waals surface area contributed by atoms with Gasteiger partial charge in [-0.3, -0.25) is 5.10 Å². The van der Waals surface area contributed by atoms with E-state index in [0.717, 1.165) is 11.3 Å². The maximum atomic E-state index is 5.99. The summed E-state index contributed by atoms with van der Waals surface area (Å²) in [6.07, 6.45) is 1.76. The quantitative estimate of drug-likeness (QED) is 0.756. The Morgan fingerprint density at radius 2 is 2.25 bits per heavy atom. The van der Waals surface area contributed by atoms with Crippen LogP contribution in [0.3, 0.4) is 0 Å². The highest BCUT2D eigenvalue weighted by atomic mass is 35.5. The maximum Gasteiger partial charge on any atom is 0.209 e. The number of hydrogen-bond donors (Lipinski definition) is 1. The molecule has 20 heavy (non-hydrogen) atoms. The van der Waals surface area contributed by atoms with Crippen LogP contribution >= 0.6 is 23.8 Å². The van der Waals surface area contributed by atoms with E-state index in [4.69, 9.17) is 23.8 Å². The van der Waals surface area contributed by atoms with Gasteiger partial charge in [0.15, 0.2) is 0 Å². The molecule has 3 rings (SSSR count). The van der Waals surface area contributed by atoms with Gasteiger partial charge in [0.05, 0.1) is 17.8 Å².